The molecule has 2 N–H and O–H groups in total. The molecule has 0 unspecified atom stereocenters. The fraction of sp³-hybridized carbons (Fsp3) is 0.533. The first-order valence-electron chi connectivity index (χ1n) is 6.94. The topological polar surface area (TPSA) is 41.1 Å². The molecule has 0 bridgehead atoms. The van der Waals surface area contributed by atoms with Crippen LogP contribution in [0, 0.1) is 8.99 Å². The molecule has 104 valence electrons. The van der Waals surface area contributed by atoms with E-state index in [9.17, 15) is 4.79 Å². The van der Waals surface area contributed by atoms with Crippen LogP contribution in [0.1, 0.15) is 32.6 Å². The van der Waals surface area contributed by atoms with Crippen molar-refractivity contribution in [3.63, 3.8) is 0 Å². The van der Waals surface area contributed by atoms with E-state index in [0.717, 1.165) is 48.0 Å². The lowest BCUT2D eigenvalue weighted by Crippen LogP contribution is -2.44. The molecule has 0 radical (unpaired) electrons. The second kappa shape index (κ2) is 6.70. The minimum atomic E-state index is -0.179. The maximum atomic E-state index is 12.6. The van der Waals surface area contributed by atoms with E-state index in [1.807, 2.05) is 24.3 Å². The normalized spacial score (nSPS) is 18.0. The average Bonchev–Trinajstić information content (AvgIpc) is 2.40. The Kier molecular flexibility index (Phi) is 5.21. The zero-order valence-corrected chi connectivity index (χ0v) is 13.5. The first-order valence-corrected chi connectivity index (χ1v) is 8.02. The van der Waals surface area contributed by atoms with Gasteiger partial charge in [-0.2, -0.15) is 0 Å². The Morgan fingerprint density at radius 1 is 1.42 bits per heavy atom. The van der Waals surface area contributed by atoms with Crippen molar-refractivity contribution in [2.24, 2.45) is 5.41 Å². The highest BCUT2D eigenvalue weighted by Gasteiger charge is 2.38. The van der Waals surface area contributed by atoms with Crippen molar-refractivity contribution in [1.82, 2.24) is 5.32 Å². The van der Waals surface area contributed by atoms with Gasteiger partial charge in [-0.15, -0.1) is 0 Å². The molecule has 1 heterocycles. The standard InChI is InChI=1S/C15H21IN2O/c1-2-6-15(7-9-17-10-8-15)14(19)18-13-5-3-4-12(16)11-13/h3-5,11,17H,2,6-10H2,1H3,(H,18,19). The Hall–Kier alpha value is -0.620. The third-order valence-corrected chi connectivity index (χ3v) is 4.52. The molecule has 3 nitrogen and oxygen atoms in total. The van der Waals surface area contributed by atoms with Crippen LogP contribution in [0.2, 0.25) is 0 Å². The predicted octanol–water partition coefficient (Wildman–Crippen LogP) is 3.40. The van der Waals surface area contributed by atoms with Crippen LogP contribution in [0.4, 0.5) is 5.69 Å². The maximum Gasteiger partial charge on any atom is 0.230 e. The molecule has 1 saturated heterocycles. The molecule has 1 aliphatic rings. The maximum absolute atomic E-state index is 12.6. The smallest absolute Gasteiger partial charge is 0.230 e. The predicted molar refractivity (Wildman–Crippen MR) is 87.2 cm³/mol. The monoisotopic (exact) mass is 372 g/mol. The van der Waals surface area contributed by atoms with Gasteiger partial charge < -0.3 is 10.6 Å². The Balaban J connectivity index is 2.11. The second-order valence-corrected chi connectivity index (χ2v) is 6.49. The number of nitrogens with one attached hydrogen (secondary N) is 2. The Morgan fingerprint density at radius 3 is 2.79 bits per heavy atom. The van der Waals surface area contributed by atoms with Crippen molar-refractivity contribution in [2.75, 3.05) is 18.4 Å². The first-order chi connectivity index (χ1) is 9.16. The number of benzene rings is 1. The molecule has 1 amide bonds. The molecule has 0 atom stereocenters. The molecule has 0 aliphatic carbocycles. The summed E-state index contributed by atoms with van der Waals surface area (Å²) in [5.41, 5.74) is 0.729. The molecule has 4 heteroatoms. The fourth-order valence-electron chi connectivity index (χ4n) is 2.80. The van der Waals surface area contributed by atoms with E-state index < -0.39 is 0 Å². The molecule has 1 aromatic rings. The summed E-state index contributed by atoms with van der Waals surface area (Å²) in [5, 5.41) is 6.45. The van der Waals surface area contributed by atoms with Gasteiger partial charge in [0.05, 0.1) is 5.41 Å². The van der Waals surface area contributed by atoms with E-state index in [0.29, 0.717) is 0 Å². The zero-order chi connectivity index (χ0) is 13.7. The Morgan fingerprint density at radius 2 is 2.16 bits per heavy atom. The summed E-state index contributed by atoms with van der Waals surface area (Å²) < 4.78 is 1.14. The third-order valence-electron chi connectivity index (χ3n) is 3.85. The lowest BCUT2D eigenvalue weighted by Gasteiger charge is -2.36. The van der Waals surface area contributed by atoms with E-state index in [-0.39, 0.29) is 11.3 Å². The summed E-state index contributed by atoms with van der Waals surface area (Å²) in [5.74, 6) is 0.192. The molecule has 0 spiro atoms. The van der Waals surface area contributed by atoms with Crippen LogP contribution in [-0.2, 0) is 4.79 Å². The van der Waals surface area contributed by atoms with Crippen molar-refractivity contribution < 1.29 is 4.79 Å². The fourth-order valence-corrected chi connectivity index (χ4v) is 3.35. The molecule has 1 fully saturated rings. The van der Waals surface area contributed by atoms with Crippen molar-refractivity contribution in [3.8, 4) is 0 Å². The van der Waals surface area contributed by atoms with Crippen LogP contribution in [-0.4, -0.2) is 19.0 Å². The van der Waals surface area contributed by atoms with Crippen LogP contribution in [0.15, 0.2) is 24.3 Å². The van der Waals surface area contributed by atoms with Crippen LogP contribution in [0.3, 0.4) is 0 Å². The second-order valence-electron chi connectivity index (χ2n) is 5.24. The van der Waals surface area contributed by atoms with Crippen molar-refractivity contribution in [1.29, 1.82) is 0 Å². The molecule has 0 aromatic heterocycles. The van der Waals surface area contributed by atoms with Crippen LogP contribution < -0.4 is 10.6 Å². The van der Waals surface area contributed by atoms with Crippen molar-refractivity contribution in [2.45, 2.75) is 32.6 Å². The van der Waals surface area contributed by atoms with Gasteiger partial charge in [0.15, 0.2) is 0 Å². The van der Waals surface area contributed by atoms with Crippen molar-refractivity contribution >= 4 is 34.2 Å². The van der Waals surface area contributed by atoms with Gasteiger partial charge >= 0.3 is 0 Å². The van der Waals surface area contributed by atoms with Crippen LogP contribution in [0.5, 0.6) is 0 Å². The summed E-state index contributed by atoms with van der Waals surface area (Å²) in [4.78, 5) is 12.6. The molecule has 0 saturated carbocycles. The van der Waals surface area contributed by atoms with Crippen molar-refractivity contribution in [3.05, 3.63) is 27.8 Å². The lowest BCUT2D eigenvalue weighted by atomic mass is 9.74. The number of carbonyl (C=O) groups excluding carboxylic acids is 1. The highest BCUT2D eigenvalue weighted by atomic mass is 127. The van der Waals surface area contributed by atoms with Gasteiger partial charge in [-0.3, -0.25) is 4.79 Å². The number of piperidine rings is 1. The lowest BCUT2D eigenvalue weighted by molar-refractivity contribution is -0.127. The van der Waals surface area contributed by atoms with Gasteiger partial charge in [-0.05, 0) is 73.1 Å². The summed E-state index contributed by atoms with van der Waals surface area (Å²) in [7, 11) is 0. The first kappa shape index (κ1) is 14.8. The number of rotatable bonds is 4. The van der Waals surface area contributed by atoms with Crippen LogP contribution >= 0.6 is 22.6 Å². The minimum Gasteiger partial charge on any atom is -0.326 e. The Labute approximate surface area is 128 Å². The van der Waals surface area contributed by atoms with E-state index in [4.69, 9.17) is 0 Å². The summed E-state index contributed by atoms with van der Waals surface area (Å²) >= 11 is 2.27. The number of amides is 1. The molecule has 1 aromatic carbocycles. The summed E-state index contributed by atoms with van der Waals surface area (Å²) in [6, 6.07) is 7.98. The highest BCUT2D eigenvalue weighted by molar-refractivity contribution is 14.1. The minimum absolute atomic E-state index is 0.179. The Bertz CT molecular complexity index is 436. The number of anilines is 1. The average molecular weight is 372 g/mol. The van der Waals surface area contributed by atoms with Gasteiger partial charge in [0.1, 0.15) is 0 Å². The van der Waals surface area contributed by atoms with Gasteiger partial charge in [0.2, 0.25) is 5.91 Å². The highest BCUT2D eigenvalue weighted by Crippen LogP contribution is 2.35. The van der Waals surface area contributed by atoms with E-state index in [1.165, 1.54) is 0 Å². The number of halogens is 1. The molecule has 19 heavy (non-hydrogen) atoms. The zero-order valence-electron chi connectivity index (χ0n) is 11.3. The van der Waals surface area contributed by atoms with Crippen LogP contribution in [0.25, 0.3) is 0 Å². The molecular weight excluding hydrogens is 351 g/mol. The van der Waals surface area contributed by atoms with Gasteiger partial charge in [0.25, 0.3) is 0 Å². The van der Waals surface area contributed by atoms with E-state index >= 15 is 0 Å². The quantitative estimate of drug-likeness (QED) is 0.796. The number of hydrogen-bond donors (Lipinski definition) is 2. The molecule has 1 aliphatic heterocycles. The summed E-state index contributed by atoms with van der Waals surface area (Å²) in [6.07, 6.45) is 3.91. The molecule has 2 rings (SSSR count). The van der Waals surface area contributed by atoms with Gasteiger partial charge in [-0.25, -0.2) is 0 Å². The SMILES string of the molecule is CCCC1(C(=O)Nc2cccc(I)c2)CCNCC1. The number of hydrogen-bond acceptors (Lipinski definition) is 2. The largest absolute Gasteiger partial charge is 0.326 e. The van der Waals surface area contributed by atoms with Gasteiger partial charge in [-0.1, -0.05) is 19.4 Å². The third kappa shape index (κ3) is 3.69. The number of carbonyl (C=O) groups is 1. The summed E-state index contributed by atoms with van der Waals surface area (Å²) in [6.45, 7) is 4.04. The van der Waals surface area contributed by atoms with E-state index in [2.05, 4.69) is 40.1 Å². The van der Waals surface area contributed by atoms with E-state index in [1.54, 1.807) is 0 Å². The van der Waals surface area contributed by atoms with Gasteiger partial charge in [0, 0.05) is 9.26 Å². The molecular formula is C15H21IN2O.